The summed E-state index contributed by atoms with van der Waals surface area (Å²) >= 11 is 6.06. The lowest BCUT2D eigenvalue weighted by Gasteiger charge is -2.15. The maximum absolute atomic E-state index is 12.6. The molecule has 0 fully saturated rings. The number of aromatic nitrogens is 1. The summed E-state index contributed by atoms with van der Waals surface area (Å²) in [7, 11) is 0. The zero-order valence-corrected chi connectivity index (χ0v) is 14.1. The number of pyridine rings is 1. The van der Waals surface area contributed by atoms with E-state index in [0.29, 0.717) is 34.5 Å². The van der Waals surface area contributed by atoms with Gasteiger partial charge in [-0.25, -0.2) is 0 Å². The van der Waals surface area contributed by atoms with Crippen molar-refractivity contribution in [1.82, 2.24) is 0 Å². The molecule has 0 spiro atoms. The first-order chi connectivity index (χ1) is 11.0. The minimum absolute atomic E-state index is 0.221. The Kier molecular flexibility index (Phi) is 5.45. The molecule has 0 saturated carbocycles. The molecule has 0 atom stereocenters. The fourth-order valence-electron chi connectivity index (χ4n) is 2.21. The first-order valence-electron chi connectivity index (χ1n) is 7.38. The fourth-order valence-corrected chi connectivity index (χ4v) is 2.40. The highest BCUT2D eigenvalue weighted by Gasteiger charge is 2.24. The van der Waals surface area contributed by atoms with E-state index in [1.807, 2.05) is 6.92 Å². The van der Waals surface area contributed by atoms with Gasteiger partial charge in [0, 0.05) is 19.9 Å². The SMILES string of the molecule is CCCOc1cc(C)[n+]([O-])c(C)c1C(=O)Nc1ccccc1Cl. The molecule has 0 aliphatic rings. The van der Waals surface area contributed by atoms with E-state index in [1.165, 1.54) is 0 Å². The molecule has 1 aromatic heterocycles. The number of hydrogen-bond donors (Lipinski definition) is 1. The second kappa shape index (κ2) is 7.33. The highest BCUT2D eigenvalue weighted by molar-refractivity contribution is 6.33. The van der Waals surface area contributed by atoms with Crippen molar-refractivity contribution in [2.75, 3.05) is 11.9 Å². The molecule has 1 aromatic carbocycles. The lowest BCUT2D eigenvalue weighted by Crippen LogP contribution is -2.37. The standard InChI is InChI=1S/C17H19ClN2O3/c1-4-9-23-15-10-11(2)20(22)12(3)16(15)17(21)19-14-8-6-5-7-13(14)18/h5-8,10H,4,9H2,1-3H3,(H,19,21). The van der Waals surface area contributed by atoms with Crippen LogP contribution < -0.4 is 14.8 Å². The van der Waals surface area contributed by atoms with Crippen molar-refractivity contribution < 1.29 is 14.3 Å². The zero-order chi connectivity index (χ0) is 17.0. The molecule has 0 aliphatic heterocycles. The Morgan fingerprint density at radius 3 is 2.70 bits per heavy atom. The minimum atomic E-state index is -0.425. The molecule has 1 N–H and O–H groups in total. The summed E-state index contributed by atoms with van der Waals surface area (Å²) in [6.07, 6.45) is 0.802. The van der Waals surface area contributed by atoms with Gasteiger partial charge in [0.25, 0.3) is 5.91 Å². The predicted molar refractivity (Wildman–Crippen MR) is 90.1 cm³/mol. The van der Waals surface area contributed by atoms with E-state index >= 15 is 0 Å². The predicted octanol–water partition coefficient (Wildman–Crippen LogP) is 3.63. The molecule has 2 aromatic rings. The molecular formula is C17H19ClN2O3. The van der Waals surface area contributed by atoms with Gasteiger partial charge in [0.1, 0.15) is 11.3 Å². The first kappa shape index (κ1) is 17.1. The quantitative estimate of drug-likeness (QED) is 0.670. The summed E-state index contributed by atoms with van der Waals surface area (Å²) in [4.78, 5) is 12.6. The molecule has 5 nitrogen and oxygen atoms in total. The van der Waals surface area contributed by atoms with E-state index in [4.69, 9.17) is 16.3 Å². The van der Waals surface area contributed by atoms with E-state index in [9.17, 15) is 10.0 Å². The van der Waals surface area contributed by atoms with E-state index < -0.39 is 5.91 Å². The number of nitrogens with zero attached hydrogens (tertiary/aromatic N) is 1. The van der Waals surface area contributed by atoms with Crippen LogP contribution in [0.3, 0.4) is 0 Å². The van der Waals surface area contributed by atoms with Crippen molar-refractivity contribution in [3.05, 3.63) is 57.5 Å². The van der Waals surface area contributed by atoms with Crippen LogP contribution in [0.5, 0.6) is 5.75 Å². The van der Waals surface area contributed by atoms with Crippen molar-refractivity contribution in [2.24, 2.45) is 0 Å². The van der Waals surface area contributed by atoms with Gasteiger partial charge in [0.15, 0.2) is 5.69 Å². The van der Waals surface area contributed by atoms with Gasteiger partial charge in [-0.2, -0.15) is 4.73 Å². The zero-order valence-electron chi connectivity index (χ0n) is 13.4. The average molecular weight is 335 g/mol. The molecule has 0 unspecified atom stereocenters. The second-order valence-electron chi connectivity index (χ2n) is 5.19. The van der Waals surface area contributed by atoms with Crippen LogP contribution in [0.4, 0.5) is 5.69 Å². The third kappa shape index (κ3) is 3.74. The van der Waals surface area contributed by atoms with Crippen LogP contribution in [0.1, 0.15) is 35.1 Å². The van der Waals surface area contributed by atoms with Crippen molar-refractivity contribution >= 4 is 23.2 Å². The van der Waals surface area contributed by atoms with E-state index in [2.05, 4.69) is 5.32 Å². The summed E-state index contributed by atoms with van der Waals surface area (Å²) in [5.41, 5.74) is 1.47. The van der Waals surface area contributed by atoms with Gasteiger partial charge in [0.05, 0.1) is 17.3 Å². The Balaban J connectivity index is 2.42. The third-order valence-electron chi connectivity index (χ3n) is 3.38. The Morgan fingerprint density at radius 2 is 2.04 bits per heavy atom. The fraction of sp³-hybridized carbons (Fsp3) is 0.294. The number of benzene rings is 1. The number of ether oxygens (including phenoxy) is 1. The van der Waals surface area contributed by atoms with Crippen LogP contribution >= 0.6 is 11.6 Å². The number of nitrogens with one attached hydrogen (secondary N) is 1. The number of para-hydroxylation sites is 1. The maximum Gasteiger partial charge on any atom is 0.265 e. The van der Waals surface area contributed by atoms with Crippen LogP contribution in [0, 0.1) is 19.1 Å². The number of anilines is 1. The highest BCUT2D eigenvalue weighted by atomic mass is 35.5. The number of amides is 1. The molecule has 23 heavy (non-hydrogen) atoms. The Bertz CT molecular complexity index is 732. The topological polar surface area (TPSA) is 65.3 Å². The molecule has 1 heterocycles. The monoisotopic (exact) mass is 334 g/mol. The van der Waals surface area contributed by atoms with Gasteiger partial charge in [-0.3, -0.25) is 4.79 Å². The second-order valence-corrected chi connectivity index (χ2v) is 5.59. The van der Waals surface area contributed by atoms with Gasteiger partial charge in [-0.05, 0) is 18.6 Å². The Labute approximate surface area is 140 Å². The highest BCUT2D eigenvalue weighted by Crippen LogP contribution is 2.25. The van der Waals surface area contributed by atoms with Gasteiger partial charge < -0.3 is 15.3 Å². The lowest BCUT2D eigenvalue weighted by molar-refractivity contribution is -0.619. The Hall–Kier alpha value is -2.27. The molecule has 0 bridgehead atoms. The smallest absolute Gasteiger partial charge is 0.265 e. The van der Waals surface area contributed by atoms with Crippen molar-refractivity contribution in [2.45, 2.75) is 27.2 Å². The normalized spacial score (nSPS) is 10.4. The van der Waals surface area contributed by atoms with Gasteiger partial charge in [-0.15, -0.1) is 0 Å². The van der Waals surface area contributed by atoms with Crippen LogP contribution in [-0.2, 0) is 0 Å². The average Bonchev–Trinajstić information content (AvgIpc) is 2.52. The largest absolute Gasteiger partial charge is 0.618 e. The van der Waals surface area contributed by atoms with Gasteiger partial charge in [0.2, 0.25) is 5.69 Å². The molecule has 0 radical (unpaired) electrons. The minimum Gasteiger partial charge on any atom is -0.618 e. The summed E-state index contributed by atoms with van der Waals surface area (Å²) < 4.78 is 6.37. The molecule has 2 rings (SSSR count). The molecule has 122 valence electrons. The molecular weight excluding hydrogens is 316 g/mol. The van der Waals surface area contributed by atoms with Gasteiger partial charge >= 0.3 is 0 Å². The number of hydrogen-bond acceptors (Lipinski definition) is 3. The van der Waals surface area contributed by atoms with E-state index in [0.717, 1.165) is 11.2 Å². The van der Waals surface area contributed by atoms with Crippen molar-refractivity contribution in [1.29, 1.82) is 0 Å². The summed E-state index contributed by atoms with van der Waals surface area (Å²) in [6.45, 7) is 5.71. The molecule has 0 saturated heterocycles. The van der Waals surface area contributed by atoms with Gasteiger partial charge in [-0.1, -0.05) is 30.7 Å². The third-order valence-corrected chi connectivity index (χ3v) is 3.71. The van der Waals surface area contributed by atoms with Crippen LogP contribution in [0.25, 0.3) is 0 Å². The number of rotatable bonds is 5. The number of halogens is 1. The van der Waals surface area contributed by atoms with E-state index in [-0.39, 0.29) is 5.56 Å². The molecule has 1 amide bonds. The van der Waals surface area contributed by atoms with Crippen molar-refractivity contribution in [3.63, 3.8) is 0 Å². The number of carbonyl (C=O) groups is 1. The van der Waals surface area contributed by atoms with Crippen molar-refractivity contribution in [3.8, 4) is 5.75 Å². The van der Waals surface area contributed by atoms with Crippen LogP contribution in [0.2, 0.25) is 5.02 Å². The summed E-state index contributed by atoms with van der Waals surface area (Å²) in [6, 6.07) is 8.50. The van der Waals surface area contributed by atoms with Crippen LogP contribution in [-0.4, -0.2) is 12.5 Å². The number of carbonyl (C=O) groups excluding carboxylic acids is 1. The first-order valence-corrected chi connectivity index (χ1v) is 7.76. The van der Waals surface area contributed by atoms with Crippen LogP contribution in [0.15, 0.2) is 30.3 Å². The summed E-state index contributed by atoms with van der Waals surface area (Å²) in [5.74, 6) is -0.0233. The Morgan fingerprint density at radius 1 is 1.35 bits per heavy atom. The summed E-state index contributed by atoms with van der Waals surface area (Å²) in [5, 5.41) is 15.2. The molecule has 6 heteroatoms. The lowest BCUT2D eigenvalue weighted by atomic mass is 10.1. The van der Waals surface area contributed by atoms with E-state index in [1.54, 1.807) is 44.2 Å². The maximum atomic E-state index is 12.6. The molecule has 0 aliphatic carbocycles. The number of aryl methyl sites for hydroxylation is 1.